The summed E-state index contributed by atoms with van der Waals surface area (Å²) in [5, 5.41) is 3.67. The highest BCUT2D eigenvalue weighted by Crippen LogP contribution is 2.40. The number of nitrogens with one attached hydrogen (secondary N) is 1. The monoisotopic (exact) mass is 403 g/mol. The topological polar surface area (TPSA) is 39.7 Å². The van der Waals surface area contributed by atoms with Gasteiger partial charge < -0.3 is 19.5 Å². The third kappa shape index (κ3) is 4.14. The number of fused-ring (bicyclic) bond motifs is 1. The lowest BCUT2D eigenvalue weighted by Crippen LogP contribution is -2.31. The maximum atomic E-state index is 6.17. The molecule has 1 atom stereocenters. The van der Waals surface area contributed by atoms with E-state index in [-0.39, 0.29) is 6.04 Å². The van der Waals surface area contributed by atoms with E-state index in [4.69, 9.17) is 14.2 Å². The Morgan fingerprint density at radius 2 is 1.63 bits per heavy atom. The molecule has 1 N–H and O–H groups in total. The Hall–Kier alpha value is -2.98. The number of methoxy groups -OCH3 is 2. The molecule has 0 saturated heterocycles. The maximum Gasteiger partial charge on any atom is 0.162 e. The summed E-state index contributed by atoms with van der Waals surface area (Å²) in [6.45, 7) is 3.57. The molecule has 156 valence electrons. The molecule has 0 radical (unpaired) electrons. The molecule has 4 nitrogen and oxygen atoms in total. The first kappa shape index (κ1) is 20.3. The van der Waals surface area contributed by atoms with Crippen LogP contribution in [-0.2, 0) is 19.4 Å². The van der Waals surface area contributed by atoms with Gasteiger partial charge in [-0.25, -0.2) is 0 Å². The maximum absolute atomic E-state index is 6.17. The number of benzene rings is 3. The van der Waals surface area contributed by atoms with E-state index in [1.165, 1.54) is 16.7 Å². The SMILES string of the molecule is CCc1ccc(C2NCCc3cc(OC)c(OCc4ccccc4)cc32)c(OC)c1. The minimum atomic E-state index is 0.0552. The van der Waals surface area contributed by atoms with Crippen LogP contribution < -0.4 is 19.5 Å². The third-order valence-corrected chi connectivity index (χ3v) is 5.73. The van der Waals surface area contributed by atoms with Crippen molar-refractivity contribution in [3.63, 3.8) is 0 Å². The highest BCUT2D eigenvalue weighted by Gasteiger charge is 2.26. The normalized spacial score (nSPS) is 15.4. The highest BCUT2D eigenvalue weighted by molar-refractivity contribution is 5.54. The fourth-order valence-corrected chi connectivity index (χ4v) is 4.06. The van der Waals surface area contributed by atoms with Crippen molar-refractivity contribution >= 4 is 0 Å². The Bertz CT molecular complexity index is 1000. The zero-order valence-corrected chi connectivity index (χ0v) is 17.9. The van der Waals surface area contributed by atoms with Crippen LogP contribution in [0.4, 0.5) is 0 Å². The second-order valence-electron chi connectivity index (χ2n) is 7.54. The summed E-state index contributed by atoms with van der Waals surface area (Å²) in [6.07, 6.45) is 1.94. The van der Waals surface area contributed by atoms with Crippen molar-refractivity contribution < 1.29 is 14.2 Å². The van der Waals surface area contributed by atoms with Crippen molar-refractivity contribution in [1.29, 1.82) is 0 Å². The zero-order chi connectivity index (χ0) is 20.9. The Labute approximate surface area is 178 Å². The Kier molecular flexibility index (Phi) is 6.24. The minimum absolute atomic E-state index is 0.0552. The fraction of sp³-hybridized carbons (Fsp3) is 0.308. The summed E-state index contributed by atoms with van der Waals surface area (Å²) in [5.74, 6) is 2.46. The molecule has 0 aromatic heterocycles. The summed E-state index contributed by atoms with van der Waals surface area (Å²) in [7, 11) is 3.44. The van der Waals surface area contributed by atoms with E-state index in [0.29, 0.717) is 6.61 Å². The molecule has 0 fully saturated rings. The second kappa shape index (κ2) is 9.23. The van der Waals surface area contributed by atoms with Crippen LogP contribution in [0, 0.1) is 0 Å². The van der Waals surface area contributed by atoms with Gasteiger partial charge in [-0.3, -0.25) is 0 Å². The summed E-state index contributed by atoms with van der Waals surface area (Å²) in [5.41, 5.74) is 6.05. The van der Waals surface area contributed by atoms with Crippen molar-refractivity contribution in [3.05, 3.63) is 88.5 Å². The molecule has 0 bridgehead atoms. The van der Waals surface area contributed by atoms with Crippen molar-refractivity contribution in [1.82, 2.24) is 5.32 Å². The molecule has 1 unspecified atom stereocenters. The molecule has 1 aliphatic heterocycles. The van der Waals surface area contributed by atoms with Crippen LogP contribution in [-0.4, -0.2) is 20.8 Å². The van der Waals surface area contributed by atoms with Crippen LogP contribution in [0.25, 0.3) is 0 Å². The lowest BCUT2D eigenvalue weighted by molar-refractivity contribution is 0.283. The molecule has 3 aromatic rings. The summed E-state index contributed by atoms with van der Waals surface area (Å²) in [6, 6.07) is 21.0. The largest absolute Gasteiger partial charge is 0.496 e. The number of aryl methyl sites for hydroxylation is 1. The van der Waals surface area contributed by atoms with Gasteiger partial charge in [-0.15, -0.1) is 0 Å². The molecule has 4 rings (SSSR count). The third-order valence-electron chi connectivity index (χ3n) is 5.73. The summed E-state index contributed by atoms with van der Waals surface area (Å²) in [4.78, 5) is 0. The van der Waals surface area contributed by atoms with Crippen molar-refractivity contribution in [2.45, 2.75) is 32.4 Å². The molecule has 1 aliphatic rings. The fourth-order valence-electron chi connectivity index (χ4n) is 4.06. The second-order valence-corrected chi connectivity index (χ2v) is 7.54. The smallest absolute Gasteiger partial charge is 0.162 e. The number of ether oxygens (including phenoxy) is 3. The highest BCUT2D eigenvalue weighted by atomic mass is 16.5. The minimum Gasteiger partial charge on any atom is -0.496 e. The first-order chi connectivity index (χ1) is 14.7. The number of hydrogen-bond donors (Lipinski definition) is 1. The molecule has 0 saturated carbocycles. The van der Waals surface area contributed by atoms with Crippen LogP contribution in [0.15, 0.2) is 60.7 Å². The van der Waals surface area contributed by atoms with E-state index in [1.54, 1.807) is 14.2 Å². The van der Waals surface area contributed by atoms with Gasteiger partial charge in [-0.1, -0.05) is 49.4 Å². The van der Waals surface area contributed by atoms with Crippen LogP contribution in [0.3, 0.4) is 0 Å². The molecule has 4 heteroatoms. The number of hydrogen-bond acceptors (Lipinski definition) is 4. The van der Waals surface area contributed by atoms with Gasteiger partial charge in [0, 0.05) is 12.1 Å². The van der Waals surface area contributed by atoms with Crippen molar-refractivity contribution in [2.75, 3.05) is 20.8 Å². The molecular weight excluding hydrogens is 374 g/mol. The van der Waals surface area contributed by atoms with Gasteiger partial charge >= 0.3 is 0 Å². The lowest BCUT2D eigenvalue weighted by Gasteiger charge is -2.30. The van der Waals surface area contributed by atoms with Crippen LogP contribution in [0.5, 0.6) is 17.2 Å². The first-order valence-electron chi connectivity index (χ1n) is 10.5. The van der Waals surface area contributed by atoms with E-state index < -0.39 is 0 Å². The van der Waals surface area contributed by atoms with Gasteiger partial charge in [-0.05, 0) is 53.3 Å². The van der Waals surface area contributed by atoms with Crippen LogP contribution in [0.1, 0.15) is 40.8 Å². The Morgan fingerprint density at radius 1 is 0.833 bits per heavy atom. The van der Waals surface area contributed by atoms with Crippen LogP contribution >= 0.6 is 0 Å². The van der Waals surface area contributed by atoms with E-state index in [9.17, 15) is 0 Å². The van der Waals surface area contributed by atoms with Gasteiger partial charge in [0.15, 0.2) is 11.5 Å². The summed E-state index contributed by atoms with van der Waals surface area (Å²) < 4.78 is 17.6. The quantitative estimate of drug-likeness (QED) is 0.597. The van der Waals surface area contributed by atoms with E-state index >= 15 is 0 Å². The molecule has 0 amide bonds. The van der Waals surface area contributed by atoms with E-state index in [1.807, 2.05) is 18.2 Å². The predicted molar refractivity (Wildman–Crippen MR) is 120 cm³/mol. The van der Waals surface area contributed by atoms with Gasteiger partial charge in [0.2, 0.25) is 0 Å². The predicted octanol–water partition coefficient (Wildman–Crippen LogP) is 5.08. The average molecular weight is 404 g/mol. The molecule has 1 heterocycles. The van der Waals surface area contributed by atoms with Crippen molar-refractivity contribution in [3.8, 4) is 17.2 Å². The van der Waals surface area contributed by atoms with Gasteiger partial charge in [-0.2, -0.15) is 0 Å². The molecule has 3 aromatic carbocycles. The molecule has 0 spiro atoms. The standard InChI is InChI=1S/C26H29NO3/c1-4-18-10-11-21(23(14-18)28-2)26-22-16-25(30-17-19-8-6-5-7-9-19)24(29-3)15-20(22)12-13-27-26/h5-11,14-16,26-27H,4,12-13,17H2,1-3H3. The average Bonchev–Trinajstić information content (AvgIpc) is 2.82. The Morgan fingerprint density at radius 3 is 2.37 bits per heavy atom. The molecular formula is C26H29NO3. The number of rotatable bonds is 7. The first-order valence-corrected chi connectivity index (χ1v) is 10.5. The van der Waals surface area contributed by atoms with E-state index in [2.05, 4.69) is 54.7 Å². The van der Waals surface area contributed by atoms with Crippen molar-refractivity contribution in [2.24, 2.45) is 0 Å². The van der Waals surface area contributed by atoms with E-state index in [0.717, 1.165) is 47.8 Å². The van der Waals surface area contributed by atoms with Gasteiger partial charge in [0.05, 0.1) is 20.3 Å². The molecule has 0 aliphatic carbocycles. The van der Waals surface area contributed by atoms with Gasteiger partial charge in [0.25, 0.3) is 0 Å². The summed E-state index contributed by atoms with van der Waals surface area (Å²) >= 11 is 0. The zero-order valence-electron chi connectivity index (χ0n) is 17.9. The van der Waals surface area contributed by atoms with Gasteiger partial charge in [0.1, 0.15) is 12.4 Å². The molecule has 30 heavy (non-hydrogen) atoms. The van der Waals surface area contributed by atoms with Crippen LogP contribution in [0.2, 0.25) is 0 Å². The lowest BCUT2D eigenvalue weighted by atomic mass is 9.88. The Balaban J connectivity index is 1.70.